The Morgan fingerprint density at radius 3 is 2.51 bits per heavy atom. The van der Waals surface area contributed by atoms with Gasteiger partial charge in [0.15, 0.2) is 0 Å². The van der Waals surface area contributed by atoms with Gasteiger partial charge in [-0.15, -0.1) is 0 Å². The zero-order valence-electron chi connectivity index (χ0n) is 21.8. The molecule has 1 amide bonds. The van der Waals surface area contributed by atoms with Crippen molar-refractivity contribution in [2.75, 3.05) is 44.3 Å². The van der Waals surface area contributed by atoms with Crippen molar-refractivity contribution < 1.29 is 18.0 Å². The summed E-state index contributed by atoms with van der Waals surface area (Å²) in [6.45, 7) is 6.65. The van der Waals surface area contributed by atoms with Crippen molar-refractivity contribution in [1.29, 1.82) is 0 Å². The predicted molar refractivity (Wildman–Crippen MR) is 146 cm³/mol. The molecule has 0 saturated carbocycles. The normalized spacial score (nSPS) is 14.5. The minimum absolute atomic E-state index is 0.0198. The number of nitrogens with zero attached hydrogens (tertiary/aromatic N) is 4. The molecule has 3 aromatic rings. The number of carbonyl (C=O) groups excluding carboxylic acids is 1. The monoisotopic (exact) mass is 556 g/mol. The lowest BCUT2D eigenvalue weighted by Crippen LogP contribution is -2.44. The van der Waals surface area contributed by atoms with E-state index in [-0.39, 0.29) is 28.4 Å². The first-order valence-corrected chi connectivity index (χ1v) is 12.6. The van der Waals surface area contributed by atoms with Crippen LogP contribution in [-0.2, 0) is 12.7 Å². The van der Waals surface area contributed by atoms with Gasteiger partial charge in [-0.3, -0.25) is 9.69 Å². The molecule has 2 aromatic carbocycles. The maximum atomic E-state index is 13.9. The number of aromatic nitrogens is 2. The number of aryl methyl sites for hydroxylation is 2. The van der Waals surface area contributed by atoms with Gasteiger partial charge in [-0.05, 0) is 62.2 Å². The van der Waals surface area contributed by atoms with Crippen LogP contribution in [0.1, 0.15) is 44.0 Å². The summed E-state index contributed by atoms with van der Waals surface area (Å²) in [6.07, 6.45) is -3.13. The van der Waals surface area contributed by atoms with Gasteiger partial charge in [0.05, 0.1) is 28.0 Å². The Kier molecular flexibility index (Phi) is 8.45. The molecular formula is C28H28ClF3N6O. The second-order valence-corrected chi connectivity index (χ2v) is 9.93. The number of amides is 1. The molecular weight excluding hydrogens is 529 g/mol. The number of carbonyl (C=O) groups is 1. The van der Waals surface area contributed by atoms with E-state index in [9.17, 15) is 18.0 Å². The molecule has 1 fully saturated rings. The average Bonchev–Trinajstić information content (AvgIpc) is 2.87. The summed E-state index contributed by atoms with van der Waals surface area (Å²) in [5, 5.41) is 2.71. The van der Waals surface area contributed by atoms with Crippen LogP contribution in [0.2, 0.25) is 5.02 Å². The van der Waals surface area contributed by atoms with Crippen molar-refractivity contribution >= 4 is 29.0 Å². The number of piperazine rings is 1. The average molecular weight is 557 g/mol. The SMILES string of the molecule is Cc1cc(Cl)c(C(=O)Nc2ccc(CN3CCN(C)CC3)c(C(F)(F)F)c2)cc1C#Cc1cnc(N)c(C)n1. The summed E-state index contributed by atoms with van der Waals surface area (Å²) in [5.41, 5.74) is 7.36. The molecule has 3 N–H and O–H groups in total. The van der Waals surface area contributed by atoms with Crippen LogP contribution in [-0.4, -0.2) is 58.9 Å². The highest BCUT2D eigenvalue weighted by atomic mass is 35.5. The van der Waals surface area contributed by atoms with Crippen LogP contribution in [0.15, 0.2) is 36.5 Å². The van der Waals surface area contributed by atoms with Crippen LogP contribution in [0.25, 0.3) is 0 Å². The lowest BCUT2D eigenvalue weighted by atomic mass is 10.0. The third-order valence-corrected chi connectivity index (χ3v) is 6.84. The molecule has 7 nitrogen and oxygen atoms in total. The Morgan fingerprint density at radius 1 is 1.13 bits per heavy atom. The highest BCUT2D eigenvalue weighted by Gasteiger charge is 2.34. The molecule has 0 aliphatic carbocycles. The lowest BCUT2D eigenvalue weighted by Gasteiger charge is -2.33. The number of rotatable bonds is 4. The number of nitrogens with one attached hydrogen (secondary N) is 1. The topological polar surface area (TPSA) is 87.4 Å². The van der Waals surface area contributed by atoms with Gasteiger partial charge in [-0.2, -0.15) is 13.2 Å². The quantitative estimate of drug-likeness (QED) is 0.451. The maximum absolute atomic E-state index is 13.9. The standard InChI is InChI=1S/C28H28ClF3N6O/c1-17-12-25(29)23(13-19(17)4-7-22-15-34-26(33)18(2)35-22)27(39)36-21-6-5-20(24(14-21)28(30,31)32)16-38-10-8-37(3)9-11-38/h5-6,12-15H,8-11,16H2,1-3H3,(H2,33,34)(H,36,39). The van der Waals surface area contributed by atoms with E-state index in [0.29, 0.717) is 35.9 Å². The minimum atomic E-state index is -4.57. The number of likely N-dealkylation sites (N-methyl/N-ethyl adjacent to an activating group) is 1. The first kappa shape index (κ1) is 28.4. The summed E-state index contributed by atoms with van der Waals surface area (Å²) >= 11 is 6.33. The Bertz CT molecular complexity index is 1460. The van der Waals surface area contributed by atoms with Crippen molar-refractivity contribution in [1.82, 2.24) is 19.8 Å². The predicted octanol–water partition coefficient (Wildman–Crippen LogP) is 4.75. The summed E-state index contributed by atoms with van der Waals surface area (Å²) in [5.74, 6) is 5.50. The van der Waals surface area contributed by atoms with Gasteiger partial charge in [-0.1, -0.05) is 23.6 Å². The van der Waals surface area contributed by atoms with Gasteiger partial charge in [0.25, 0.3) is 5.91 Å². The smallest absolute Gasteiger partial charge is 0.382 e. The third-order valence-electron chi connectivity index (χ3n) is 6.53. The molecule has 0 bridgehead atoms. The molecule has 1 saturated heterocycles. The Hall–Kier alpha value is -3.65. The van der Waals surface area contributed by atoms with E-state index < -0.39 is 17.6 Å². The molecule has 1 aliphatic rings. The lowest BCUT2D eigenvalue weighted by molar-refractivity contribution is -0.138. The molecule has 0 spiro atoms. The van der Waals surface area contributed by atoms with Crippen LogP contribution in [0, 0.1) is 25.7 Å². The van der Waals surface area contributed by atoms with Gasteiger partial charge in [-0.25, -0.2) is 9.97 Å². The first-order valence-electron chi connectivity index (χ1n) is 12.2. The molecule has 11 heteroatoms. The molecule has 0 atom stereocenters. The van der Waals surface area contributed by atoms with Crippen molar-refractivity contribution in [3.8, 4) is 11.8 Å². The van der Waals surface area contributed by atoms with Gasteiger partial charge in [0.1, 0.15) is 11.5 Å². The van der Waals surface area contributed by atoms with Crippen molar-refractivity contribution in [2.45, 2.75) is 26.6 Å². The van der Waals surface area contributed by atoms with Gasteiger partial charge >= 0.3 is 6.18 Å². The van der Waals surface area contributed by atoms with Gasteiger partial charge in [0.2, 0.25) is 0 Å². The summed E-state index contributed by atoms with van der Waals surface area (Å²) in [6, 6.07) is 6.95. The highest BCUT2D eigenvalue weighted by Crippen LogP contribution is 2.35. The second kappa shape index (κ2) is 11.6. The number of hydrogen-bond donors (Lipinski definition) is 2. The van der Waals surface area contributed by atoms with Crippen molar-refractivity contribution in [3.63, 3.8) is 0 Å². The summed E-state index contributed by atoms with van der Waals surface area (Å²) < 4.78 is 41.8. The van der Waals surface area contributed by atoms with Crippen molar-refractivity contribution in [3.05, 3.63) is 80.8 Å². The van der Waals surface area contributed by atoms with Crippen LogP contribution in [0.3, 0.4) is 0 Å². The number of anilines is 2. The molecule has 39 heavy (non-hydrogen) atoms. The fraction of sp³-hybridized carbons (Fsp3) is 0.321. The molecule has 1 aliphatic heterocycles. The largest absolute Gasteiger partial charge is 0.416 e. The molecule has 204 valence electrons. The van der Waals surface area contributed by atoms with E-state index in [0.717, 1.165) is 24.7 Å². The Balaban J connectivity index is 1.57. The summed E-state index contributed by atoms with van der Waals surface area (Å²) in [4.78, 5) is 25.5. The first-order chi connectivity index (χ1) is 18.4. The Labute approximate surface area is 230 Å². The van der Waals surface area contributed by atoms with E-state index in [1.165, 1.54) is 24.4 Å². The third kappa shape index (κ3) is 7.06. The highest BCUT2D eigenvalue weighted by molar-refractivity contribution is 6.34. The van der Waals surface area contributed by atoms with E-state index in [1.807, 2.05) is 11.9 Å². The van der Waals surface area contributed by atoms with Crippen LogP contribution < -0.4 is 11.1 Å². The Morgan fingerprint density at radius 2 is 1.85 bits per heavy atom. The van der Waals surface area contributed by atoms with Crippen LogP contribution in [0.5, 0.6) is 0 Å². The number of alkyl halides is 3. The number of hydrogen-bond acceptors (Lipinski definition) is 6. The zero-order valence-corrected chi connectivity index (χ0v) is 22.5. The molecule has 4 rings (SSSR count). The van der Waals surface area contributed by atoms with E-state index in [2.05, 4.69) is 32.0 Å². The molecule has 1 aromatic heterocycles. The number of nitrogen functional groups attached to an aromatic ring is 1. The number of benzene rings is 2. The maximum Gasteiger partial charge on any atom is 0.416 e. The number of nitrogens with two attached hydrogens (primary N) is 1. The van der Waals surface area contributed by atoms with E-state index in [4.69, 9.17) is 17.3 Å². The van der Waals surface area contributed by atoms with E-state index >= 15 is 0 Å². The zero-order chi connectivity index (χ0) is 28.3. The van der Waals surface area contributed by atoms with Crippen LogP contribution in [0.4, 0.5) is 24.7 Å². The minimum Gasteiger partial charge on any atom is -0.382 e. The van der Waals surface area contributed by atoms with Gasteiger partial charge < -0.3 is 16.0 Å². The fourth-order valence-electron chi connectivity index (χ4n) is 4.17. The summed E-state index contributed by atoms with van der Waals surface area (Å²) in [7, 11) is 1.99. The molecule has 0 radical (unpaired) electrons. The molecule has 2 heterocycles. The number of halogens is 4. The fourth-order valence-corrected chi connectivity index (χ4v) is 4.47. The second-order valence-electron chi connectivity index (χ2n) is 9.53. The van der Waals surface area contributed by atoms with E-state index in [1.54, 1.807) is 19.9 Å². The molecule has 0 unspecified atom stereocenters. The van der Waals surface area contributed by atoms with Gasteiger partial charge in [0, 0.05) is 44.0 Å². The van der Waals surface area contributed by atoms with Crippen molar-refractivity contribution in [2.24, 2.45) is 0 Å². The van der Waals surface area contributed by atoms with Crippen LogP contribution >= 0.6 is 11.6 Å².